The number of carbonyl (C=O) groups is 2. The third-order valence-electron chi connectivity index (χ3n) is 7.59. The highest BCUT2D eigenvalue weighted by atomic mass is 28.4. The van der Waals surface area contributed by atoms with Crippen LogP contribution in [0.5, 0.6) is 0 Å². The molecule has 0 aliphatic rings. The van der Waals surface area contributed by atoms with Gasteiger partial charge in [-0.05, 0) is 82.9 Å². The normalized spacial score (nSPS) is 12.7. The fourth-order valence-electron chi connectivity index (χ4n) is 4.16. The Kier molecular flexibility index (Phi) is 11.1. The van der Waals surface area contributed by atoms with Gasteiger partial charge in [0.05, 0.1) is 12.8 Å². The van der Waals surface area contributed by atoms with Crippen LogP contribution in [0.2, 0.25) is 18.1 Å². The van der Waals surface area contributed by atoms with Gasteiger partial charge >= 0.3 is 12.2 Å². The Balaban J connectivity index is 1.95. The third-order valence-corrected chi connectivity index (χ3v) is 12.1. The van der Waals surface area contributed by atoms with E-state index in [1.165, 1.54) is 4.90 Å². The maximum absolute atomic E-state index is 13.6. The molecule has 0 saturated carbocycles. The van der Waals surface area contributed by atoms with Crippen molar-refractivity contribution in [2.24, 2.45) is 5.73 Å². The molecule has 2 N–H and O–H groups in total. The summed E-state index contributed by atoms with van der Waals surface area (Å²) in [4.78, 5) is 34.8. The SMILES string of the molecule is CC(C)(C)OC(=O)N(CCO[Si](C)(C)C(C)(C)C)CCN(C(=O)OC(C)(C)C)c1ccn2ncc(-c3cccc(CN)c3)c2n1. The molecule has 3 aromatic rings. The van der Waals surface area contributed by atoms with E-state index in [-0.39, 0.29) is 18.1 Å². The van der Waals surface area contributed by atoms with Crippen LogP contribution in [-0.2, 0) is 20.4 Å². The van der Waals surface area contributed by atoms with Gasteiger partial charge in [0.1, 0.15) is 17.0 Å². The molecule has 0 atom stereocenters. The monoisotopic (exact) mass is 640 g/mol. The van der Waals surface area contributed by atoms with Crippen molar-refractivity contribution in [1.29, 1.82) is 0 Å². The standard InChI is InChI=1S/C33H52N6O5Si/c1-31(2,3)43-29(40)37(19-20-42-45(10,11)33(7,8)9)17-18-38(30(41)44-32(4,5)6)27-15-16-39-28(36-27)26(23-35-39)25-14-12-13-24(21-25)22-34/h12-16,21,23H,17-20,22,34H2,1-11H3. The van der Waals surface area contributed by atoms with Gasteiger partial charge in [-0.25, -0.2) is 19.1 Å². The zero-order valence-corrected chi connectivity index (χ0v) is 29.9. The highest BCUT2D eigenvalue weighted by Crippen LogP contribution is 2.36. The van der Waals surface area contributed by atoms with Crippen molar-refractivity contribution in [2.45, 2.75) is 98.2 Å². The molecule has 248 valence electrons. The minimum Gasteiger partial charge on any atom is -0.444 e. The first-order valence-electron chi connectivity index (χ1n) is 15.5. The first-order chi connectivity index (χ1) is 20.7. The topological polar surface area (TPSA) is 125 Å². The predicted octanol–water partition coefficient (Wildman–Crippen LogP) is 6.86. The molecule has 0 spiro atoms. The molecule has 0 bridgehead atoms. The first-order valence-corrected chi connectivity index (χ1v) is 18.4. The van der Waals surface area contributed by atoms with Gasteiger partial charge in [-0.2, -0.15) is 5.10 Å². The van der Waals surface area contributed by atoms with Gasteiger partial charge in [-0.1, -0.05) is 39.0 Å². The summed E-state index contributed by atoms with van der Waals surface area (Å²) in [6.45, 7) is 23.1. The van der Waals surface area contributed by atoms with Crippen molar-refractivity contribution in [3.8, 4) is 11.1 Å². The summed E-state index contributed by atoms with van der Waals surface area (Å²) >= 11 is 0. The van der Waals surface area contributed by atoms with Gasteiger partial charge in [0.25, 0.3) is 0 Å². The summed E-state index contributed by atoms with van der Waals surface area (Å²) in [7, 11) is -2.04. The second-order valence-electron chi connectivity index (χ2n) is 14.7. The van der Waals surface area contributed by atoms with Crippen LogP contribution in [0.3, 0.4) is 0 Å². The molecule has 0 unspecified atom stereocenters. The summed E-state index contributed by atoms with van der Waals surface area (Å²) in [6, 6.07) is 9.59. The average molecular weight is 641 g/mol. The molecular weight excluding hydrogens is 588 g/mol. The van der Waals surface area contributed by atoms with Crippen LogP contribution in [-0.4, -0.2) is 77.4 Å². The van der Waals surface area contributed by atoms with Gasteiger partial charge in [-0.15, -0.1) is 0 Å². The van der Waals surface area contributed by atoms with E-state index in [0.29, 0.717) is 31.2 Å². The Morgan fingerprint density at radius 3 is 2.16 bits per heavy atom. The van der Waals surface area contributed by atoms with Crippen molar-refractivity contribution in [2.75, 3.05) is 31.1 Å². The van der Waals surface area contributed by atoms with Crippen molar-refractivity contribution < 1.29 is 23.5 Å². The number of anilines is 1. The van der Waals surface area contributed by atoms with E-state index in [1.54, 1.807) is 27.9 Å². The predicted molar refractivity (Wildman–Crippen MR) is 181 cm³/mol. The average Bonchev–Trinajstić information content (AvgIpc) is 3.33. The second kappa shape index (κ2) is 13.9. The highest BCUT2D eigenvalue weighted by Gasteiger charge is 2.37. The van der Waals surface area contributed by atoms with E-state index in [4.69, 9.17) is 24.6 Å². The fourth-order valence-corrected chi connectivity index (χ4v) is 5.20. The van der Waals surface area contributed by atoms with Crippen LogP contribution in [0, 0.1) is 0 Å². The lowest BCUT2D eigenvalue weighted by atomic mass is 10.1. The second-order valence-corrected chi connectivity index (χ2v) is 19.5. The number of amides is 2. The Labute approximate surface area is 269 Å². The zero-order chi connectivity index (χ0) is 33.8. The number of carbonyl (C=O) groups excluding carboxylic acids is 2. The summed E-state index contributed by atoms with van der Waals surface area (Å²) in [5.74, 6) is 0.371. The highest BCUT2D eigenvalue weighted by molar-refractivity contribution is 6.74. The fraction of sp³-hybridized carbons (Fsp3) is 0.576. The molecule has 12 heteroatoms. The summed E-state index contributed by atoms with van der Waals surface area (Å²) in [6.07, 6.45) is 2.44. The molecule has 2 amide bonds. The van der Waals surface area contributed by atoms with Crippen molar-refractivity contribution in [3.05, 3.63) is 48.3 Å². The van der Waals surface area contributed by atoms with Gasteiger partial charge < -0.3 is 24.5 Å². The molecule has 0 aliphatic carbocycles. The maximum Gasteiger partial charge on any atom is 0.416 e. The van der Waals surface area contributed by atoms with Crippen LogP contribution in [0.1, 0.15) is 67.9 Å². The number of hydrogen-bond donors (Lipinski definition) is 1. The number of fused-ring (bicyclic) bond motifs is 1. The van der Waals surface area contributed by atoms with E-state index in [1.807, 2.05) is 65.8 Å². The van der Waals surface area contributed by atoms with E-state index in [9.17, 15) is 9.59 Å². The maximum atomic E-state index is 13.6. The third kappa shape index (κ3) is 10.0. The van der Waals surface area contributed by atoms with Crippen LogP contribution in [0.25, 0.3) is 16.8 Å². The van der Waals surface area contributed by atoms with E-state index >= 15 is 0 Å². The van der Waals surface area contributed by atoms with Crippen LogP contribution in [0.4, 0.5) is 15.4 Å². The Hall–Kier alpha value is -3.48. The number of hydrogen-bond acceptors (Lipinski definition) is 8. The van der Waals surface area contributed by atoms with Crippen LogP contribution in [0.15, 0.2) is 42.7 Å². The molecule has 3 rings (SSSR count). The van der Waals surface area contributed by atoms with Gasteiger partial charge in [-0.3, -0.25) is 4.90 Å². The lowest BCUT2D eigenvalue weighted by molar-refractivity contribution is 0.0221. The molecule has 2 aromatic heterocycles. The van der Waals surface area contributed by atoms with Crippen LogP contribution >= 0.6 is 0 Å². The quantitative estimate of drug-likeness (QED) is 0.239. The minimum absolute atomic E-state index is 0.0275. The van der Waals surface area contributed by atoms with E-state index in [2.05, 4.69) is 39.0 Å². The largest absolute Gasteiger partial charge is 0.444 e. The molecule has 0 fully saturated rings. The Morgan fingerprint density at radius 1 is 0.911 bits per heavy atom. The smallest absolute Gasteiger partial charge is 0.416 e. The van der Waals surface area contributed by atoms with Crippen molar-refractivity contribution in [1.82, 2.24) is 19.5 Å². The number of ether oxygens (including phenoxy) is 2. The first kappa shape index (κ1) is 36.0. The molecule has 0 saturated heterocycles. The molecule has 2 heterocycles. The number of benzene rings is 1. The molecule has 11 nitrogen and oxygen atoms in total. The molecule has 1 aromatic carbocycles. The van der Waals surface area contributed by atoms with E-state index in [0.717, 1.165) is 16.7 Å². The lowest BCUT2D eigenvalue weighted by Crippen LogP contribution is -2.47. The number of nitrogens with zero attached hydrogens (tertiary/aromatic N) is 5. The number of aromatic nitrogens is 3. The number of nitrogens with two attached hydrogens (primary N) is 1. The van der Waals surface area contributed by atoms with Crippen molar-refractivity contribution in [3.63, 3.8) is 0 Å². The van der Waals surface area contributed by atoms with Gasteiger partial charge in [0.2, 0.25) is 0 Å². The summed E-state index contributed by atoms with van der Waals surface area (Å²) < 4.78 is 19.6. The zero-order valence-electron chi connectivity index (χ0n) is 28.9. The lowest BCUT2D eigenvalue weighted by Gasteiger charge is -2.37. The number of rotatable bonds is 10. The molecular formula is C33H52N6O5Si. The Morgan fingerprint density at radius 2 is 1.56 bits per heavy atom. The van der Waals surface area contributed by atoms with E-state index < -0.39 is 31.7 Å². The molecule has 0 radical (unpaired) electrons. The minimum atomic E-state index is -2.04. The van der Waals surface area contributed by atoms with Crippen molar-refractivity contribution >= 4 is 32.0 Å². The summed E-state index contributed by atoms with van der Waals surface area (Å²) in [5, 5.41) is 4.49. The molecule has 0 aliphatic heterocycles. The van der Waals surface area contributed by atoms with Gasteiger partial charge in [0, 0.05) is 37.9 Å². The van der Waals surface area contributed by atoms with Gasteiger partial charge in [0.15, 0.2) is 14.0 Å². The Bertz CT molecular complexity index is 1470. The van der Waals surface area contributed by atoms with Crippen LogP contribution < -0.4 is 10.6 Å². The summed E-state index contributed by atoms with van der Waals surface area (Å²) in [5.41, 5.74) is 7.72. The molecule has 45 heavy (non-hydrogen) atoms.